The monoisotopic (exact) mass is 356 g/mol. The van der Waals surface area contributed by atoms with Gasteiger partial charge in [0.15, 0.2) is 0 Å². The van der Waals surface area contributed by atoms with E-state index in [-0.39, 0.29) is 18.1 Å². The molecule has 3 nitrogen and oxygen atoms in total. The van der Waals surface area contributed by atoms with Gasteiger partial charge in [0.25, 0.3) is 0 Å². The number of rotatable bonds is 3. The Bertz CT molecular complexity index is 557. The van der Waals surface area contributed by atoms with Crippen molar-refractivity contribution in [1.82, 2.24) is 4.98 Å². The van der Waals surface area contributed by atoms with Gasteiger partial charge in [-0.1, -0.05) is 18.2 Å². The van der Waals surface area contributed by atoms with E-state index in [4.69, 9.17) is 0 Å². The number of nitrogens with zero attached hydrogens (tertiary/aromatic N) is 1. The number of anilines is 1. The Morgan fingerprint density at radius 2 is 2.06 bits per heavy atom. The van der Waals surface area contributed by atoms with E-state index in [2.05, 4.69) is 32.9 Å². The fourth-order valence-electron chi connectivity index (χ4n) is 1.45. The van der Waals surface area contributed by atoms with Crippen LogP contribution in [0.4, 0.5) is 10.2 Å². The van der Waals surface area contributed by atoms with Crippen LogP contribution in [0.3, 0.4) is 0 Å². The number of benzene rings is 1. The molecule has 0 fully saturated rings. The van der Waals surface area contributed by atoms with E-state index in [1.165, 1.54) is 6.07 Å². The third kappa shape index (κ3) is 3.49. The Hall–Kier alpha value is -1.50. The van der Waals surface area contributed by atoms with Crippen LogP contribution in [-0.4, -0.2) is 10.9 Å². The molecule has 0 radical (unpaired) electrons. The number of nitrogens with one attached hydrogen (secondary N) is 1. The molecule has 1 aromatic carbocycles. The van der Waals surface area contributed by atoms with Gasteiger partial charge in [0, 0.05) is 9.77 Å². The lowest BCUT2D eigenvalue weighted by molar-refractivity contribution is -0.115. The number of hydrogen-bond acceptors (Lipinski definition) is 2. The lowest BCUT2D eigenvalue weighted by atomic mass is 10.1. The third-order valence-electron chi connectivity index (χ3n) is 2.30. The summed E-state index contributed by atoms with van der Waals surface area (Å²) in [6, 6.07) is 9.78. The minimum absolute atomic E-state index is 0.000337. The first-order valence-electron chi connectivity index (χ1n) is 5.30. The number of carbonyl (C=O) groups excluding carboxylic acids is 1. The van der Waals surface area contributed by atoms with Gasteiger partial charge >= 0.3 is 0 Å². The molecule has 0 atom stereocenters. The molecule has 2 rings (SSSR count). The second kappa shape index (κ2) is 5.90. The summed E-state index contributed by atoms with van der Waals surface area (Å²) in [7, 11) is 0. The van der Waals surface area contributed by atoms with Crippen LogP contribution in [0.15, 0.2) is 42.6 Å². The van der Waals surface area contributed by atoms with Crippen molar-refractivity contribution in [2.45, 2.75) is 6.42 Å². The minimum Gasteiger partial charge on any atom is -0.310 e. The van der Waals surface area contributed by atoms with Crippen molar-refractivity contribution in [3.05, 3.63) is 57.5 Å². The van der Waals surface area contributed by atoms with Crippen molar-refractivity contribution in [2.75, 3.05) is 5.32 Å². The Morgan fingerprint density at radius 3 is 2.72 bits per heavy atom. The van der Waals surface area contributed by atoms with E-state index in [0.717, 1.165) is 3.57 Å². The summed E-state index contributed by atoms with van der Waals surface area (Å²) in [6.45, 7) is 0. The minimum atomic E-state index is -0.372. The fraction of sp³-hybridized carbons (Fsp3) is 0.0769. The van der Waals surface area contributed by atoms with Gasteiger partial charge in [-0.2, -0.15) is 0 Å². The average Bonchev–Trinajstić information content (AvgIpc) is 2.35. The lowest BCUT2D eigenvalue weighted by Crippen LogP contribution is -2.16. The maximum absolute atomic E-state index is 13.3. The second-order valence-electron chi connectivity index (χ2n) is 3.68. The van der Waals surface area contributed by atoms with Crippen molar-refractivity contribution in [1.29, 1.82) is 0 Å². The van der Waals surface area contributed by atoms with E-state index in [9.17, 15) is 9.18 Å². The van der Waals surface area contributed by atoms with Gasteiger partial charge in [-0.05, 0) is 46.4 Å². The third-order valence-corrected chi connectivity index (χ3v) is 2.94. The highest BCUT2D eigenvalue weighted by Gasteiger charge is 2.08. The molecule has 92 valence electrons. The smallest absolute Gasteiger partial charge is 0.230 e. The van der Waals surface area contributed by atoms with Crippen LogP contribution in [0, 0.1) is 9.39 Å². The van der Waals surface area contributed by atoms with Crippen LogP contribution >= 0.6 is 22.6 Å². The number of pyridine rings is 1. The molecule has 0 bridgehead atoms. The first-order valence-corrected chi connectivity index (χ1v) is 6.38. The van der Waals surface area contributed by atoms with Gasteiger partial charge in [-0.3, -0.25) is 4.79 Å². The summed E-state index contributed by atoms with van der Waals surface area (Å²) < 4.78 is 14.3. The predicted octanol–water partition coefficient (Wildman–Crippen LogP) is 3.01. The summed E-state index contributed by atoms with van der Waals surface area (Å²) in [5, 5.41) is 2.62. The van der Waals surface area contributed by atoms with Crippen molar-refractivity contribution >= 4 is 34.3 Å². The molecule has 18 heavy (non-hydrogen) atoms. The zero-order chi connectivity index (χ0) is 13.0. The van der Waals surface area contributed by atoms with Gasteiger partial charge < -0.3 is 5.32 Å². The highest BCUT2D eigenvalue weighted by atomic mass is 127. The molecule has 1 amide bonds. The number of hydrogen-bond donors (Lipinski definition) is 1. The number of aromatic nitrogens is 1. The van der Waals surface area contributed by atoms with Crippen LogP contribution in [0.5, 0.6) is 0 Å². The van der Waals surface area contributed by atoms with Crippen molar-refractivity contribution < 1.29 is 9.18 Å². The van der Waals surface area contributed by atoms with Gasteiger partial charge in [-0.15, -0.1) is 0 Å². The number of halogens is 2. The van der Waals surface area contributed by atoms with Crippen molar-refractivity contribution in [2.24, 2.45) is 0 Å². The molecule has 0 aliphatic carbocycles. The lowest BCUT2D eigenvalue weighted by Gasteiger charge is -2.05. The molecule has 5 heteroatoms. The highest BCUT2D eigenvalue weighted by Crippen LogP contribution is 2.10. The zero-order valence-corrected chi connectivity index (χ0v) is 11.5. The topological polar surface area (TPSA) is 42.0 Å². The molecule has 0 aliphatic heterocycles. The van der Waals surface area contributed by atoms with Gasteiger partial charge in [0.2, 0.25) is 5.91 Å². The van der Waals surface area contributed by atoms with E-state index in [1.807, 2.05) is 6.07 Å². The maximum Gasteiger partial charge on any atom is 0.230 e. The molecule has 0 saturated carbocycles. The van der Waals surface area contributed by atoms with Crippen LogP contribution in [0.2, 0.25) is 0 Å². The van der Waals surface area contributed by atoms with Gasteiger partial charge in [0.1, 0.15) is 11.6 Å². The second-order valence-corrected chi connectivity index (χ2v) is 4.92. The molecule has 0 unspecified atom stereocenters. The standard InChI is InChI=1S/C13H10FIN2O/c14-11-4-2-1-3-9(11)7-13(18)17-12-6-5-10(15)8-16-12/h1-6,8H,7H2,(H,16,17,18). The summed E-state index contributed by atoms with van der Waals surface area (Å²) >= 11 is 2.13. The number of amides is 1. The molecule has 1 heterocycles. The number of carbonyl (C=O) groups is 1. The summed E-state index contributed by atoms with van der Waals surface area (Å²) in [6.07, 6.45) is 1.65. The summed E-state index contributed by atoms with van der Waals surface area (Å²) in [5.74, 6) is -0.186. The molecule has 0 spiro atoms. The molecule has 0 aliphatic rings. The first kappa shape index (κ1) is 12.9. The highest BCUT2D eigenvalue weighted by molar-refractivity contribution is 14.1. The molecule has 0 saturated heterocycles. The van der Waals surface area contributed by atoms with E-state index < -0.39 is 0 Å². The maximum atomic E-state index is 13.3. The Morgan fingerprint density at radius 1 is 1.28 bits per heavy atom. The fourth-order valence-corrected chi connectivity index (χ4v) is 1.77. The first-order chi connectivity index (χ1) is 8.65. The zero-order valence-electron chi connectivity index (χ0n) is 9.36. The summed E-state index contributed by atoms with van der Waals surface area (Å²) in [4.78, 5) is 15.7. The molecule has 2 aromatic rings. The van der Waals surface area contributed by atoms with Crippen molar-refractivity contribution in [3.8, 4) is 0 Å². The van der Waals surface area contributed by atoms with Gasteiger partial charge in [0.05, 0.1) is 6.42 Å². The van der Waals surface area contributed by atoms with E-state index in [0.29, 0.717) is 11.4 Å². The largest absolute Gasteiger partial charge is 0.310 e. The van der Waals surface area contributed by atoms with Crippen LogP contribution in [0.25, 0.3) is 0 Å². The Labute approximate surface area is 118 Å². The van der Waals surface area contributed by atoms with Crippen LogP contribution in [-0.2, 0) is 11.2 Å². The summed E-state index contributed by atoms with van der Waals surface area (Å²) in [5.41, 5.74) is 0.375. The molecule has 1 N–H and O–H groups in total. The van der Waals surface area contributed by atoms with E-state index >= 15 is 0 Å². The SMILES string of the molecule is O=C(Cc1ccccc1F)Nc1ccc(I)cn1. The van der Waals surface area contributed by atoms with Gasteiger partial charge in [-0.25, -0.2) is 9.37 Å². The van der Waals surface area contributed by atoms with Crippen LogP contribution < -0.4 is 5.32 Å². The van der Waals surface area contributed by atoms with E-state index in [1.54, 1.807) is 30.5 Å². The quantitative estimate of drug-likeness (QED) is 0.860. The molecular formula is C13H10FIN2O. The molecular weight excluding hydrogens is 346 g/mol. The Balaban J connectivity index is 2.01. The van der Waals surface area contributed by atoms with Crippen LogP contribution in [0.1, 0.15) is 5.56 Å². The predicted molar refractivity (Wildman–Crippen MR) is 75.7 cm³/mol. The normalized spacial score (nSPS) is 10.1. The van der Waals surface area contributed by atoms with Crippen molar-refractivity contribution in [3.63, 3.8) is 0 Å². The molecule has 1 aromatic heterocycles. The average molecular weight is 356 g/mol. The Kier molecular flexibility index (Phi) is 4.24.